The Kier molecular flexibility index (Phi) is 8.77. The number of hydrogen-bond donors (Lipinski definition) is 1. The number of benzene rings is 3. The number of aryl methyl sites for hydroxylation is 2. The number of carboxylic acids is 1. The van der Waals surface area contributed by atoms with Gasteiger partial charge in [-0.15, -0.1) is 0 Å². The van der Waals surface area contributed by atoms with E-state index in [9.17, 15) is 26.7 Å². The Morgan fingerprint density at radius 1 is 0.907 bits per heavy atom. The summed E-state index contributed by atoms with van der Waals surface area (Å²) in [5, 5.41) is 9.28. The van der Waals surface area contributed by atoms with E-state index in [2.05, 4.69) is 0 Å². The Labute approximate surface area is 251 Å². The summed E-state index contributed by atoms with van der Waals surface area (Å²) in [7, 11) is -7.40. The molecular weight excluding hydrogens is 590 g/mol. The lowest BCUT2D eigenvalue weighted by atomic mass is 9.92. The minimum absolute atomic E-state index is 0.00630. The molecule has 0 unspecified atom stereocenters. The Hall–Kier alpha value is -3.93. The van der Waals surface area contributed by atoms with Crippen molar-refractivity contribution in [2.45, 2.75) is 48.9 Å². The molecule has 0 saturated heterocycles. The second-order valence-corrected chi connectivity index (χ2v) is 14.5. The topological polar surface area (TPSA) is 131 Å². The molecule has 9 nitrogen and oxygen atoms in total. The van der Waals surface area contributed by atoms with Gasteiger partial charge in [0.1, 0.15) is 17.3 Å². The Balaban J connectivity index is 1.36. The molecule has 1 aliphatic heterocycles. The first-order valence-corrected chi connectivity index (χ1v) is 17.2. The quantitative estimate of drug-likeness (QED) is 0.246. The van der Waals surface area contributed by atoms with E-state index < -0.39 is 25.8 Å². The van der Waals surface area contributed by atoms with Crippen LogP contribution in [0.3, 0.4) is 0 Å². The minimum Gasteiger partial charge on any atom is -0.493 e. The first-order chi connectivity index (χ1) is 20.4. The molecule has 4 aromatic rings. The summed E-state index contributed by atoms with van der Waals surface area (Å²) in [6, 6.07) is 20.7. The standard InChI is InChI=1S/C32H33NO8S2/c1-22-25(20-31(41-22)24-6-4-3-5-7-24)17-19-40-30-14-8-23(9-15-32(34)35)29-21-33(18-16-28(29)30)43(38,39)27-12-10-26(11-13-27)42(2,36)37/h3-8,10-14,20H,9,15-19,21H2,1-2H3,(H,34,35). The molecule has 0 amide bonds. The maximum Gasteiger partial charge on any atom is 0.303 e. The van der Waals surface area contributed by atoms with Crippen molar-refractivity contribution in [3.8, 4) is 17.1 Å². The highest BCUT2D eigenvalue weighted by Gasteiger charge is 2.31. The average molecular weight is 624 g/mol. The normalized spacial score (nSPS) is 13.9. The number of furan rings is 1. The first kappa shape index (κ1) is 30.5. The van der Waals surface area contributed by atoms with Crippen molar-refractivity contribution < 1.29 is 35.9 Å². The lowest BCUT2D eigenvalue weighted by Crippen LogP contribution is -2.36. The van der Waals surface area contributed by atoms with Gasteiger partial charge in [-0.3, -0.25) is 4.79 Å². The number of aliphatic carboxylic acids is 1. The van der Waals surface area contributed by atoms with E-state index in [0.29, 0.717) is 25.2 Å². The van der Waals surface area contributed by atoms with E-state index in [0.717, 1.165) is 45.6 Å². The summed E-state index contributed by atoms with van der Waals surface area (Å²) in [5.41, 5.74) is 4.40. The molecule has 11 heteroatoms. The summed E-state index contributed by atoms with van der Waals surface area (Å²) in [5.74, 6) is 1.32. The van der Waals surface area contributed by atoms with E-state index in [-0.39, 0.29) is 35.7 Å². The predicted molar refractivity (Wildman–Crippen MR) is 161 cm³/mol. The molecule has 0 atom stereocenters. The summed E-state index contributed by atoms with van der Waals surface area (Å²) in [4.78, 5) is 11.4. The van der Waals surface area contributed by atoms with Gasteiger partial charge in [0.2, 0.25) is 10.0 Å². The molecule has 1 aliphatic rings. The second-order valence-electron chi connectivity index (χ2n) is 10.6. The van der Waals surface area contributed by atoms with Crippen molar-refractivity contribution in [2.24, 2.45) is 0 Å². The van der Waals surface area contributed by atoms with Crippen LogP contribution in [-0.4, -0.2) is 51.6 Å². The highest BCUT2D eigenvalue weighted by molar-refractivity contribution is 7.90. The summed E-state index contributed by atoms with van der Waals surface area (Å²) >= 11 is 0. The van der Waals surface area contributed by atoms with Gasteiger partial charge in [0.05, 0.1) is 16.4 Å². The molecule has 226 valence electrons. The number of carboxylic acid groups (broad SMARTS) is 1. The number of rotatable bonds is 11. The first-order valence-electron chi connectivity index (χ1n) is 13.9. The van der Waals surface area contributed by atoms with Crippen molar-refractivity contribution in [1.29, 1.82) is 0 Å². The highest BCUT2D eigenvalue weighted by Crippen LogP contribution is 2.34. The molecule has 43 heavy (non-hydrogen) atoms. The number of sulfone groups is 1. The van der Waals surface area contributed by atoms with Gasteiger partial charge in [-0.2, -0.15) is 4.31 Å². The molecule has 0 radical (unpaired) electrons. The number of carbonyl (C=O) groups is 1. The molecule has 0 saturated carbocycles. The van der Waals surface area contributed by atoms with Crippen LogP contribution in [0.5, 0.6) is 5.75 Å². The van der Waals surface area contributed by atoms with Crippen LogP contribution >= 0.6 is 0 Å². The van der Waals surface area contributed by atoms with Crippen LogP contribution in [0.15, 0.2) is 87.0 Å². The zero-order valence-corrected chi connectivity index (χ0v) is 25.6. The molecule has 0 aliphatic carbocycles. The van der Waals surface area contributed by atoms with E-state index >= 15 is 0 Å². The monoisotopic (exact) mass is 623 g/mol. The fourth-order valence-electron chi connectivity index (χ4n) is 5.29. The third-order valence-electron chi connectivity index (χ3n) is 7.64. The lowest BCUT2D eigenvalue weighted by molar-refractivity contribution is -0.136. The number of fused-ring (bicyclic) bond motifs is 1. The number of hydrogen-bond acceptors (Lipinski definition) is 7. The smallest absolute Gasteiger partial charge is 0.303 e. The zero-order valence-electron chi connectivity index (χ0n) is 23.9. The fraction of sp³-hybridized carbons (Fsp3) is 0.281. The van der Waals surface area contributed by atoms with Crippen LogP contribution in [-0.2, 0) is 50.5 Å². The lowest BCUT2D eigenvalue weighted by Gasteiger charge is -2.31. The third kappa shape index (κ3) is 6.84. The minimum atomic E-state index is -3.94. The van der Waals surface area contributed by atoms with Crippen LogP contribution in [0.1, 0.15) is 34.4 Å². The van der Waals surface area contributed by atoms with Gasteiger partial charge >= 0.3 is 5.97 Å². The zero-order chi connectivity index (χ0) is 30.8. The molecular formula is C32H33NO8S2. The third-order valence-corrected chi connectivity index (χ3v) is 10.6. The van der Waals surface area contributed by atoms with Crippen LogP contribution in [0.25, 0.3) is 11.3 Å². The number of nitrogens with zero attached hydrogens (tertiary/aromatic N) is 1. The van der Waals surface area contributed by atoms with Gasteiger partial charge in [0.25, 0.3) is 0 Å². The molecule has 0 fully saturated rings. The fourth-order valence-corrected chi connectivity index (χ4v) is 7.33. The van der Waals surface area contributed by atoms with Crippen molar-refractivity contribution in [1.82, 2.24) is 4.31 Å². The van der Waals surface area contributed by atoms with Gasteiger partial charge in [-0.05, 0) is 72.9 Å². The average Bonchev–Trinajstić information content (AvgIpc) is 3.36. The van der Waals surface area contributed by atoms with E-state index in [1.54, 1.807) is 0 Å². The van der Waals surface area contributed by atoms with E-state index in [4.69, 9.17) is 9.15 Å². The van der Waals surface area contributed by atoms with Crippen molar-refractivity contribution in [3.05, 3.63) is 101 Å². The van der Waals surface area contributed by atoms with Crippen molar-refractivity contribution in [3.63, 3.8) is 0 Å². The van der Waals surface area contributed by atoms with Crippen LogP contribution in [0, 0.1) is 6.92 Å². The molecule has 3 aromatic carbocycles. The molecule has 2 heterocycles. The Morgan fingerprint density at radius 2 is 1.60 bits per heavy atom. The van der Waals surface area contributed by atoms with Crippen LogP contribution < -0.4 is 4.74 Å². The second kappa shape index (κ2) is 12.4. The van der Waals surface area contributed by atoms with Crippen molar-refractivity contribution in [2.75, 3.05) is 19.4 Å². The van der Waals surface area contributed by atoms with E-state index in [1.165, 1.54) is 28.6 Å². The Morgan fingerprint density at radius 3 is 2.28 bits per heavy atom. The number of sulfonamides is 1. The van der Waals surface area contributed by atoms with Gasteiger partial charge in [-0.25, -0.2) is 16.8 Å². The van der Waals surface area contributed by atoms with Gasteiger partial charge in [-0.1, -0.05) is 36.4 Å². The summed E-state index contributed by atoms with van der Waals surface area (Å²) < 4.78 is 64.2. The maximum absolute atomic E-state index is 13.5. The molecule has 0 spiro atoms. The largest absolute Gasteiger partial charge is 0.493 e. The van der Waals surface area contributed by atoms with Gasteiger partial charge in [0, 0.05) is 43.3 Å². The van der Waals surface area contributed by atoms with Crippen LogP contribution in [0.4, 0.5) is 0 Å². The number of ether oxygens (including phenoxy) is 1. The molecule has 5 rings (SSSR count). The van der Waals surface area contributed by atoms with E-state index in [1.807, 2.05) is 55.5 Å². The highest BCUT2D eigenvalue weighted by atomic mass is 32.2. The van der Waals surface area contributed by atoms with Gasteiger partial charge < -0.3 is 14.3 Å². The predicted octanol–water partition coefficient (Wildman–Crippen LogP) is 5.04. The SMILES string of the molecule is Cc1oc(-c2ccccc2)cc1CCOc1ccc(CCC(=O)O)c2c1CCN(S(=O)(=O)c1ccc(S(C)(=O)=O)cc1)C2. The van der Waals surface area contributed by atoms with Gasteiger partial charge in [0.15, 0.2) is 9.84 Å². The maximum atomic E-state index is 13.5. The Bertz CT molecular complexity index is 1850. The summed E-state index contributed by atoms with van der Waals surface area (Å²) in [6.07, 6.45) is 2.23. The summed E-state index contributed by atoms with van der Waals surface area (Å²) in [6.45, 7) is 2.55. The molecule has 0 bridgehead atoms. The van der Waals surface area contributed by atoms with Crippen LogP contribution in [0.2, 0.25) is 0 Å². The van der Waals surface area contributed by atoms with Crippen molar-refractivity contribution >= 4 is 25.8 Å². The molecule has 1 N–H and O–H groups in total. The molecule has 1 aromatic heterocycles.